The third kappa shape index (κ3) is 3.81. The molecule has 0 spiro atoms. The lowest BCUT2D eigenvalue weighted by Gasteiger charge is -2.11. The summed E-state index contributed by atoms with van der Waals surface area (Å²) in [7, 11) is 0. The fraction of sp³-hybridized carbons (Fsp3) is 1.00. The lowest BCUT2D eigenvalue weighted by Crippen LogP contribution is -2.28. The largest absolute Gasteiger partial charge is 0.313 e. The van der Waals surface area contributed by atoms with Gasteiger partial charge < -0.3 is 5.32 Å². The van der Waals surface area contributed by atoms with Crippen molar-refractivity contribution in [2.45, 2.75) is 39.2 Å². The van der Waals surface area contributed by atoms with E-state index in [2.05, 4.69) is 19.2 Å². The second-order valence-electron chi connectivity index (χ2n) is 3.77. The molecule has 1 aliphatic rings. The first-order valence-corrected chi connectivity index (χ1v) is 6.29. The van der Waals surface area contributed by atoms with Crippen molar-refractivity contribution in [1.29, 1.82) is 0 Å². The van der Waals surface area contributed by atoms with Crippen LogP contribution in [-0.4, -0.2) is 24.1 Å². The van der Waals surface area contributed by atoms with Crippen LogP contribution in [0.1, 0.15) is 33.1 Å². The van der Waals surface area contributed by atoms with Gasteiger partial charge in [-0.15, -0.1) is 0 Å². The first kappa shape index (κ1) is 10.4. The number of rotatable bonds is 5. The van der Waals surface area contributed by atoms with E-state index in [1.165, 1.54) is 37.3 Å². The van der Waals surface area contributed by atoms with Gasteiger partial charge in [0.25, 0.3) is 0 Å². The Morgan fingerprint density at radius 2 is 2.25 bits per heavy atom. The van der Waals surface area contributed by atoms with E-state index in [0.717, 1.165) is 12.0 Å². The summed E-state index contributed by atoms with van der Waals surface area (Å²) >= 11 is 2.03. The van der Waals surface area contributed by atoms with Crippen molar-refractivity contribution >= 4 is 11.8 Å². The number of thioether (sulfide) groups is 1. The molecule has 0 aromatic rings. The van der Waals surface area contributed by atoms with Gasteiger partial charge in [-0.2, -0.15) is 11.8 Å². The molecule has 72 valence electrons. The Hall–Kier alpha value is 0.310. The molecule has 0 amide bonds. The van der Waals surface area contributed by atoms with Crippen LogP contribution in [0, 0.1) is 5.92 Å². The lowest BCUT2D eigenvalue weighted by molar-refractivity contribution is 0.518. The maximum absolute atomic E-state index is 3.63. The molecule has 12 heavy (non-hydrogen) atoms. The summed E-state index contributed by atoms with van der Waals surface area (Å²) in [5.41, 5.74) is 0. The molecule has 0 bridgehead atoms. The standard InChI is InChI=1S/C10H21NS/c1-3-12-7-6-11-10-5-4-9(2)8-10/h9-11H,3-8H2,1-2H3. The van der Waals surface area contributed by atoms with Crippen LogP contribution < -0.4 is 5.32 Å². The average molecular weight is 187 g/mol. The Kier molecular flexibility index (Phi) is 5.08. The van der Waals surface area contributed by atoms with Crippen LogP contribution in [0.15, 0.2) is 0 Å². The molecule has 1 aliphatic carbocycles. The maximum atomic E-state index is 3.63. The van der Waals surface area contributed by atoms with Crippen LogP contribution in [0.25, 0.3) is 0 Å². The molecule has 2 heteroatoms. The zero-order valence-electron chi connectivity index (χ0n) is 8.31. The number of hydrogen-bond acceptors (Lipinski definition) is 2. The smallest absolute Gasteiger partial charge is 0.00700 e. The molecular formula is C10H21NS. The SMILES string of the molecule is CCSCCNC1CCC(C)C1. The van der Waals surface area contributed by atoms with Crippen molar-refractivity contribution in [2.24, 2.45) is 5.92 Å². The maximum Gasteiger partial charge on any atom is 0.00700 e. The van der Waals surface area contributed by atoms with Crippen LogP contribution in [0.3, 0.4) is 0 Å². The van der Waals surface area contributed by atoms with Crippen LogP contribution in [0.4, 0.5) is 0 Å². The van der Waals surface area contributed by atoms with E-state index in [1.54, 1.807) is 0 Å². The fourth-order valence-corrected chi connectivity index (χ4v) is 2.42. The Morgan fingerprint density at radius 1 is 1.42 bits per heavy atom. The lowest BCUT2D eigenvalue weighted by atomic mass is 10.1. The van der Waals surface area contributed by atoms with Gasteiger partial charge in [-0.25, -0.2) is 0 Å². The van der Waals surface area contributed by atoms with Crippen molar-refractivity contribution in [1.82, 2.24) is 5.32 Å². The first-order valence-electron chi connectivity index (χ1n) is 5.14. The number of hydrogen-bond donors (Lipinski definition) is 1. The monoisotopic (exact) mass is 187 g/mol. The molecule has 1 nitrogen and oxygen atoms in total. The van der Waals surface area contributed by atoms with Gasteiger partial charge >= 0.3 is 0 Å². The highest BCUT2D eigenvalue weighted by Crippen LogP contribution is 2.24. The summed E-state index contributed by atoms with van der Waals surface area (Å²) in [5, 5.41) is 3.63. The second kappa shape index (κ2) is 5.87. The van der Waals surface area contributed by atoms with Gasteiger partial charge in [-0.05, 0) is 30.9 Å². The Morgan fingerprint density at radius 3 is 2.83 bits per heavy atom. The molecule has 0 saturated heterocycles. The van der Waals surface area contributed by atoms with Gasteiger partial charge in [-0.1, -0.05) is 13.8 Å². The topological polar surface area (TPSA) is 12.0 Å². The predicted octanol–water partition coefficient (Wildman–Crippen LogP) is 2.52. The first-order chi connectivity index (χ1) is 5.83. The summed E-state index contributed by atoms with van der Waals surface area (Å²) in [6.07, 6.45) is 4.23. The molecule has 0 radical (unpaired) electrons. The van der Waals surface area contributed by atoms with Gasteiger partial charge in [0.2, 0.25) is 0 Å². The van der Waals surface area contributed by atoms with Crippen molar-refractivity contribution in [2.75, 3.05) is 18.1 Å². The van der Waals surface area contributed by atoms with Crippen LogP contribution >= 0.6 is 11.8 Å². The highest BCUT2D eigenvalue weighted by Gasteiger charge is 2.19. The summed E-state index contributed by atoms with van der Waals surface area (Å²) in [5.74, 6) is 3.49. The predicted molar refractivity (Wildman–Crippen MR) is 57.8 cm³/mol. The molecule has 0 aromatic heterocycles. The molecule has 2 atom stereocenters. The van der Waals surface area contributed by atoms with Gasteiger partial charge in [0.1, 0.15) is 0 Å². The molecule has 2 unspecified atom stereocenters. The van der Waals surface area contributed by atoms with Gasteiger partial charge in [0.15, 0.2) is 0 Å². The van der Waals surface area contributed by atoms with Crippen molar-refractivity contribution in [3.05, 3.63) is 0 Å². The Bertz CT molecular complexity index is 116. The minimum atomic E-state index is 0.831. The molecule has 1 saturated carbocycles. The Balaban J connectivity index is 1.93. The average Bonchev–Trinajstić information content (AvgIpc) is 2.45. The minimum Gasteiger partial charge on any atom is -0.313 e. The second-order valence-corrected chi connectivity index (χ2v) is 5.16. The van der Waals surface area contributed by atoms with Gasteiger partial charge in [0.05, 0.1) is 0 Å². The zero-order chi connectivity index (χ0) is 8.81. The highest BCUT2D eigenvalue weighted by atomic mass is 32.2. The van der Waals surface area contributed by atoms with Crippen LogP contribution in [-0.2, 0) is 0 Å². The van der Waals surface area contributed by atoms with E-state index in [1.807, 2.05) is 11.8 Å². The quantitative estimate of drug-likeness (QED) is 0.664. The minimum absolute atomic E-state index is 0.831. The summed E-state index contributed by atoms with van der Waals surface area (Å²) in [6.45, 7) is 5.79. The molecular weight excluding hydrogens is 166 g/mol. The fourth-order valence-electron chi connectivity index (χ4n) is 1.87. The zero-order valence-corrected chi connectivity index (χ0v) is 9.12. The molecule has 1 rings (SSSR count). The highest BCUT2D eigenvalue weighted by molar-refractivity contribution is 7.99. The van der Waals surface area contributed by atoms with E-state index in [0.29, 0.717) is 0 Å². The summed E-state index contributed by atoms with van der Waals surface area (Å²) < 4.78 is 0. The van der Waals surface area contributed by atoms with Crippen molar-refractivity contribution in [3.8, 4) is 0 Å². The molecule has 1 fully saturated rings. The molecule has 0 aliphatic heterocycles. The van der Waals surface area contributed by atoms with Crippen molar-refractivity contribution in [3.63, 3.8) is 0 Å². The summed E-state index contributed by atoms with van der Waals surface area (Å²) in [4.78, 5) is 0. The molecule has 0 heterocycles. The van der Waals surface area contributed by atoms with E-state index in [-0.39, 0.29) is 0 Å². The normalized spacial score (nSPS) is 29.5. The summed E-state index contributed by atoms with van der Waals surface area (Å²) in [6, 6.07) is 0.831. The van der Waals surface area contributed by atoms with E-state index in [4.69, 9.17) is 0 Å². The molecule has 0 aromatic carbocycles. The third-order valence-corrected chi connectivity index (χ3v) is 3.48. The van der Waals surface area contributed by atoms with E-state index in [9.17, 15) is 0 Å². The van der Waals surface area contributed by atoms with Crippen LogP contribution in [0.5, 0.6) is 0 Å². The van der Waals surface area contributed by atoms with Crippen LogP contribution in [0.2, 0.25) is 0 Å². The third-order valence-electron chi connectivity index (χ3n) is 2.58. The van der Waals surface area contributed by atoms with Gasteiger partial charge in [0, 0.05) is 18.3 Å². The molecule has 1 N–H and O–H groups in total. The van der Waals surface area contributed by atoms with Crippen molar-refractivity contribution < 1.29 is 0 Å². The van der Waals surface area contributed by atoms with E-state index >= 15 is 0 Å². The Labute approximate surface area is 80.7 Å². The van der Waals surface area contributed by atoms with Gasteiger partial charge in [-0.3, -0.25) is 0 Å². The number of nitrogens with one attached hydrogen (secondary N) is 1. The van der Waals surface area contributed by atoms with E-state index < -0.39 is 0 Å².